The fourth-order valence-corrected chi connectivity index (χ4v) is 5.88. The molecule has 2 aromatic carbocycles. The number of thioether (sulfide) groups is 2. The molecule has 2 aliphatic rings. The quantitative estimate of drug-likeness (QED) is 0.215. The first-order valence-electron chi connectivity index (χ1n) is 10.9. The van der Waals surface area contributed by atoms with Crippen molar-refractivity contribution in [2.75, 3.05) is 9.80 Å². The van der Waals surface area contributed by atoms with Crippen LogP contribution in [0.4, 0.5) is 11.4 Å². The smallest absolute Gasteiger partial charge is 0.311 e. The molecule has 2 amide bonds. The number of thiocarbonyl (C=S) groups is 1. The van der Waals surface area contributed by atoms with Crippen LogP contribution in [0.25, 0.3) is 0 Å². The maximum Gasteiger partial charge on any atom is 0.311 e. The van der Waals surface area contributed by atoms with Crippen LogP contribution in [0.1, 0.15) is 26.7 Å². The topological polar surface area (TPSA) is 93.2 Å². The number of carbonyl (C=O) groups is 4. The van der Waals surface area contributed by atoms with Crippen LogP contribution < -0.4 is 9.80 Å². The molecule has 1 saturated heterocycles. The Morgan fingerprint density at radius 3 is 1.50 bits per heavy atom. The van der Waals surface area contributed by atoms with Gasteiger partial charge in [0, 0.05) is 12.8 Å². The summed E-state index contributed by atoms with van der Waals surface area (Å²) in [6.07, 6.45) is 0.177. The Morgan fingerprint density at radius 1 is 0.750 bits per heavy atom. The third-order valence-electron chi connectivity index (χ3n) is 4.98. The van der Waals surface area contributed by atoms with Gasteiger partial charge in [-0.1, -0.05) is 50.2 Å². The maximum atomic E-state index is 13.8. The average Bonchev–Trinajstić information content (AvgIpc) is 3.26. The van der Waals surface area contributed by atoms with Crippen molar-refractivity contribution in [1.82, 2.24) is 0 Å². The number of hydrogen-bond donors (Lipinski definition) is 0. The van der Waals surface area contributed by atoms with Crippen LogP contribution in [-0.2, 0) is 28.7 Å². The second-order valence-corrected chi connectivity index (χ2v) is 9.92. The van der Waals surface area contributed by atoms with Gasteiger partial charge in [0.05, 0.1) is 15.6 Å². The molecule has 0 aromatic heterocycles. The fraction of sp³-hybridized carbons (Fsp3) is 0.160. The predicted octanol–water partition coefficient (Wildman–Crippen LogP) is 5.08. The molecule has 0 saturated carbocycles. The number of nitrogens with zero attached hydrogens (tertiary/aromatic N) is 2. The number of rotatable bonds is 6. The summed E-state index contributed by atoms with van der Waals surface area (Å²) in [6, 6.07) is 17.5. The van der Waals surface area contributed by atoms with E-state index in [9.17, 15) is 19.2 Å². The maximum absolute atomic E-state index is 13.8. The van der Waals surface area contributed by atoms with Crippen LogP contribution in [0.2, 0.25) is 0 Å². The zero-order valence-corrected chi connectivity index (χ0v) is 21.7. The zero-order chi connectivity index (χ0) is 25.8. The van der Waals surface area contributed by atoms with Crippen molar-refractivity contribution in [3.8, 4) is 0 Å². The third-order valence-corrected chi connectivity index (χ3v) is 7.66. The second kappa shape index (κ2) is 11.1. The van der Waals surface area contributed by atoms with Gasteiger partial charge in [0.2, 0.25) is 10.2 Å². The molecule has 0 unspecified atom stereocenters. The summed E-state index contributed by atoms with van der Waals surface area (Å²) in [4.78, 5) is 54.1. The van der Waals surface area contributed by atoms with Gasteiger partial charge in [-0.25, -0.2) is 0 Å². The van der Waals surface area contributed by atoms with Gasteiger partial charge in [-0.2, -0.15) is 0 Å². The van der Waals surface area contributed by atoms with Gasteiger partial charge in [0.25, 0.3) is 11.8 Å². The molecular weight excluding hydrogens is 520 g/mol. The fourth-order valence-electron chi connectivity index (χ4n) is 3.22. The SMILES string of the molecule is CCC(=O)OC1=C(OC(=O)CC)SC(=C2C(=O)N(c3ccccc3)C(=S)N(c3ccccc3)C2=O)S1. The summed E-state index contributed by atoms with van der Waals surface area (Å²) in [5.41, 5.74) is 0.782. The minimum atomic E-state index is -0.636. The van der Waals surface area contributed by atoms with E-state index in [1.165, 1.54) is 9.80 Å². The Labute approximate surface area is 221 Å². The summed E-state index contributed by atoms with van der Waals surface area (Å²) in [5, 5.41) is 0.00724. The van der Waals surface area contributed by atoms with Crippen LogP contribution in [0.3, 0.4) is 0 Å². The molecule has 2 heterocycles. The average molecular weight is 541 g/mol. The van der Waals surface area contributed by atoms with E-state index >= 15 is 0 Å². The van der Waals surface area contributed by atoms with E-state index in [0.29, 0.717) is 11.4 Å². The van der Waals surface area contributed by atoms with Crippen LogP contribution in [0.5, 0.6) is 0 Å². The van der Waals surface area contributed by atoms with E-state index in [4.69, 9.17) is 21.7 Å². The Balaban J connectivity index is 1.82. The Bertz CT molecular complexity index is 1210. The van der Waals surface area contributed by atoms with Crippen molar-refractivity contribution in [3.63, 3.8) is 0 Å². The highest BCUT2D eigenvalue weighted by molar-refractivity contribution is 8.28. The monoisotopic (exact) mass is 540 g/mol. The molecule has 1 fully saturated rings. The predicted molar refractivity (Wildman–Crippen MR) is 142 cm³/mol. The van der Waals surface area contributed by atoms with Crippen LogP contribution >= 0.6 is 35.7 Å². The van der Waals surface area contributed by atoms with Gasteiger partial charge >= 0.3 is 11.9 Å². The second-order valence-electron chi connectivity index (χ2n) is 7.33. The van der Waals surface area contributed by atoms with Crippen LogP contribution in [0.15, 0.2) is 80.7 Å². The largest absolute Gasteiger partial charge is 0.414 e. The minimum Gasteiger partial charge on any atom is -0.414 e. The number of hydrogen-bond acceptors (Lipinski definition) is 9. The summed E-state index contributed by atoms with van der Waals surface area (Å²) >= 11 is 7.39. The number of ether oxygens (including phenoxy) is 2. The lowest BCUT2D eigenvalue weighted by atomic mass is 10.1. The lowest BCUT2D eigenvalue weighted by Gasteiger charge is -2.36. The van der Waals surface area contributed by atoms with E-state index < -0.39 is 23.8 Å². The molecule has 2 aromatic rings. The van der Waals surface area contributed by atoms with Crippen molar-refractivity contribution in [1.29, 1.82) is 0 Å². The van der Waals surface area contributed by atoms with E-state index in [1.54, 1.807) is 74.5 Å². The van der Waals surface area contributed by atoms with Gasteiger partial charge in [0.15, 0.2) is 5.11 Å². The van der Waals surface area contributed by atoms with Gasteiger partial charge in [-0.15, -0.1) is 0 Å². The highest BCUT2D eigenvalue weighted by Crippen LogP contribution is 2.52. The highest BCUT2D eigenvalue weighted by Gasteiger charge is 2.45. The molecule has 4 rings (SSSR count). The first-order valence-corrected chi connectivity index (χ1v) is 13.0. The molecule has 2 aliphatic heterocycles. The summed E-state index contributed by atoms with van der Waals surface area (Å²) in [6.45, 7) is 3.24. The molecule has 11 heteroatoms. The number of esters is 2. The van der Waals surface area contributed by atoms with Gasteiger partial charge in [-0.3, -0.25) is 29.0 Å². The normalized spacial score (nSPS) is 16.1. The number of amides is 2. The number of carbonyl (C=O) groups excluding carboxylic acids is 4. The Morgan fingerprint density at radius 2 is 1.14 bits per heavy atom. The Hall–Kier alpha value is -3.41. The lowest BCUT2D eigenvalue weighted by molar-refractivity contribution is -0.141. The van der Waals surface area contributed by atoms with Crippen LogP contribution in [0, 0.1) is 0 Å². The molecule has 0 N–H and O–H groups in total. The number of para-hydroxylation sites is 2. The van der Waals surface area contributed by atoms with Crippen molar-refractivity contribution < 1.29 is 28.7 Å². The standard InChI is InChI=1S/C25H20N2O6S3/c1-3-17(28)32-22-23(33-18(29)4-2)36-24(35-22)19-20(30)26(15-11-7-5-8-12-15)25(34)27(21(19)31)16-13-9-6-10-14-16/h5-14H,3-4H2,1-2H3. The number of benzene rings is 2. The first kappa shape index (κ1) is 25.7. The molecule has 0 radical (unpaired) electrons. The summed E-state index contributed by atoms with van der Waals surface area (Å²) in [7, 11) is 0. The van der Waals surface area contributed by atoms with Gasteiger partial charge in [-0.05, 0) is 60.0 Å². The molecule has 0 atom stereocenters. The minimum absolute atomic E-state index is 0.00224. The zero-order valence-electron chi connectivity index (χ0n) is 19.3. The van der Waals surface area contributed by atoms with E-state index in [1.807, 2.05) is 0 Å². The van der Waals surface area contributed by atoms with Gasteiger partial charge < -0.3 is 9.47 Å². The van der Waals surface area contributed by atoms with Crippen molar-refractivity contribution in [2.45, 2.75) is 26.7 Å². The van der Waals surface area contributed by atoms with E-state index in [-0.39, 0.29) is 37.9 Å². The Kier molecular flexibility index (Phi) is 7.92. The molecule has 0 spiro atoms. The molecule has 8 nitrogen and oxygen atoms in total. The van der Waals surface area contributed by atoms with Gasteiger partial charge in [0.1, 0.15) is 5.57 Å². The van der Waals surface area contributed by atoms with Crippen LogP contribution in [-0.4, -0.2) is 28.9 Å². The number of anilines is 2. The summed E-state index contributed by atoms with van der Waals surface area (Å²) < 4.78 is 10.9. The first-order chi connectivity index (χ1) is 17.3. The molecular formula is C25H20N2O6S3. The summed E-state index contributed by atoms with van der Waals surface area (Å²) in [5.74, 6) is -2.37. The van der Waals surface area contributed by atoms with Crippen molar-refractivity contribution >= 4 is 76.0 Å². The van der Waals surface area contributed by atoms with E-state index in [2.05, 4.69) is 0 Å². The highest BCUT2D eigenvalue weighted by atomic mass is 32.2. The molecule has 0 aliphatic carbocycles. The van der Waals surface area contributed by atoms with E-state index in [0.717, 1.165) is 23.5 Å². The van der Waals surface area contributed by atoms with Crippen molar-refractivity contribution in [3.05, 3.63) is 80.7 Å². The third kappa shape index (κ3) is 5.08. The van der Waals surface area contributed by atoms with Crippen molar-refractivity contribution in [2.24, 2.45) is 0 Å². The molecule has 184 valence electrons. The molecule has 0 bridgehead atoms. The molecule has 36 heavy (non-hydrogen) atoms. The lowest BCUT2D eigenvalue weighted by Crippen LogP contribution is -2.57.